The minimum atomic E-state index is -0.340. The van der Waals surface area contributed by atoms with Crippen LogP contribution in [-0.4, -0.2) is 16.0 Å². The molecular weight excluding hydrogens is 374 g/mol. The zero-order valence-corrected chi connectivity index (χ0v) is 15.5. The van der Waals surface area contributed by atoms with Gasteiger partial charge in [-0.2, -0.15) is 0 Å². The third-order valence-corrected chi connectivity index (χ3v) is 4.66. The van der Waals surface area contributed by atoms with Crippen molar-refractivity contribution in [1.82, 2.24) is 15.5 Å². The van der Waals surface area contributed by atoms with Gasteiger partial charge in [0.05, 0.1) is 11.1 Å². The van der Waals surface area contributed by atoms with E-state index in [1.807, 2.05) is 60.7 Å². The third kappa shape index (κ3) is 3.80. The van der Waals surface area contributed by atoms with Crippen molar-refractivity contribution in [2.45, 2.75) is 6.04 Å². The van der Waals surface area contributed by atoms with E-state index in [0.29, 0.717) is 16.3 Å². The fourth-order valence-corrected chi connectivity index (χ4v) is 3.16. The predicted octanol–water partition coefficient (Wildman–Crippen LogP) is 4.91. The molecule has 0 aliphatic heterocycles. The zero-order chi connectivity index (χ0) is 19.3. The van der Waals surface area contributed by atoms with E-state index in [-0.39, 0.29) is 17.6 Å². The molecule has 0 radical (unpaired) electrons. The van der Waals surface area contributed by atoms with Gasteiger partial charge in [-0.25, -0.2) is 0 Å². The quantitative estimate of drug-likeness (QED) is 0.526. The van der Waals surface area contributed by atoms with Gasteiger partial charge in [0.1, 0.15) is 0 Å². The van der Waals surface area contributed by atoms with Crippen LogP contribution in [0.25, 0.3) is 11.3 Å². The van der Waals surface area contributed by atoms with Crippen molar-refractivity contribution in [1.29, 1.82) is 0 Å². The molecule has 0 saturated heterocycles. The largest absolute Gasteiger partial charge is 0.355 e. The van der Waals surface area contributed by atoms with Crippen LogP contribution in [0, 0.1) is 0 Å². The first-order valence-electron chi connectivity index (χ1n) is 8.70. The lowest BCUT2D eigenvalue weighted by atomic mass is 9.99. The van der Waals surface area contributed by atoms with Crippen LogP contribution in [0.2, 0.25) is 5.02 Å². The van der Waals surface area contributed by atoms with Crippen molar-refractivity contribution in [3.8, 4) is 11.3 Å². The number of hydrogen-bond donors (Lipinski definition) is 1. The second-order valence-corrected chi connectivity index (χ2v) is 6.56. The molecule has 4 aromatic rings. The highest BCUT2D eigenvalue weighted by Gasteiger charge is 2.21. The average molecular weight is 390 g/mol. The number of benzene rings is 2. The SMILES string of the molecule is O=C(N[C@@H](c1ccccc1)c1ccncc1)c1cc(-c2ccccc2Cl)on1. The van der Waals surface area contributed by atoms with Crippen LogP contribution < -0.4 is 5.32 Å². The van der Waals surface area contributed by atoms with Gasteiger partial charge in [0.2, 0.25) is 0 Å². The van der Waals surface area contributed by atoms with Crippen LogP contribution in [0.4, 0.5) is 0 Å². The Bertz CT molecular complexity index is 1040. The van der Waals surface area contributed by atoms with Crippen LogP contribution >= 0.6 is 11.6 Å². The average Bonchev–Trinajstić information content (AvgIpc) is 3.23. The molecule has 0 aliphatic carbocycles. The van der Waals surface area contributed by atoms with Crippen LogP contribution in [0.3, 0.4) is 0 Å². The molecule has 0 aliphatic rings. The summed E-state index contributed by atoms with van der Waals surface area (Å²) in [7, 11) is 0. The Morgan fingerprint density at radius 2 is 1.61 bits per heavy atom. The lowest BCUT2D eigenvalue weighted by Crippen LogP contribution is -2.29. The molecule has 5 nitrogen and oxygen atoms in total. The van der Waals surface area contributed by atoms with E-state index in [4.69, 9.17) is 16.1 Å². The Labute approximate surface area is 167 Å². The van der Waals surface area contributed by atoms with Crippen LogP contribution in [0.5, 0.6) is 0 Å². The molecule has 138 valence electrons. The minimum Gasteiger partial charge on any atom is -0.355 e. The Kier molecular flexibility index (Phi) is 5.17. The second-order valence-electron chi connectivity index (χ2n) is 6.15. The molecule has 28 heavy (non-hydrogen) atoms. The predicted molar refractivity (Wildman–Crippen MR) is 107 cm³/mol. The summed E-state index contributed by atoms with van der Waals surface area (Å²) in [6, 6.07) is 22.0. The van der Waals surface area contributed by atoms with Crippen LogP contribution in [0.15, 0.2) is 89.7 Å². The highest BCUT2D eigenvalue weighted by Crippen LogP contribution is 2.28. The van der Waals surface area contributed by atoms with Gasteiger partial charge in [0.25, 0.3) is 5.91 Å². The summed E-state index contributed by atoms with van der Waals surface area (Å²) in [4.78, 5) is 16.9. The summed E-state index contributed by atoms with van der Waals surface area (Å²) in [5.74, 6) is 0.101. The Hall–Kier alpha value is -3.44. The van der Waals surface area contributed by atoms with Crippen molar-refractivity contribution in [2.75, 3.05) is 0 Å². The van der Waals surface area contributed by atoms with Gasteiger partial charge in [0, 0.05) is 24.0 Å². The number of halogens is 1. The number of amides is 1. The maximum atomic E-state index is 12.8. The molecule has 4 rings (SSSR count). The van der Waals surface area contributed by atoms with Gasteiger partial charge in [0.15, 0.2) is 11.5 Å². The van der Waals surface area contributed by atoms with E-state index in [1.165, 1.54) is 0 Å². The van der Waals surface area contributed by atoms with Crippen LogP contribution in [-0.2, 0) is 0 Å². The molecule has 6 heteroatoms. The number of nitrogens with zero attached hydrogens (tertiary/aromatic N) is 2. The summed E-state index contributed by atoms with van der Waals surface area (Å²) < 4.78 is 5.34. The Balaban J connectivity index is 1.61. The number of rotatable bonds is 5. The van der Waals surface area contributed by atoms with Crippen molar-refractivity contribution < 1.29 is 9.32 Å². The fraction of sp³-hybridized carbons (Fsp3) is 0.0455. The summed E-state index contributed by atoms with van der Waals surface area (Å²) in [6.45, 7) is 0. The van der Waals surface area contributed by atoms with Gasteiger partial charge in [-0.3, -0.25) is 9.78 Å². The standard InChI is InChI=1S/C22H16ClN3O2/c23-18-9-5-4-8-17(18)20-14-19(26-28-20)22(27)25-21(15-6-2-1-3-7-15)16-10-12-24-13-11-16/h1-14,21H,(H,25,27)/t21-/m0/s1. The number of carbonyl (C=O) groups is 1. The Morgan fingerprint density at radius 1 is 0.929 bits per heavy atom. The minimum absolute atomic E-state index is 0.185. The molecule has 0 saturated carbocycles. The Morgan fingerprint density at radius 3 is 2.36 bits per heavy atom. The first-order chi connectivity index (χ1) is 13.7. The van der Waals surface area contributed by atoms with Gasteiger partial charge in [-0.05, 0) is 35.4 Å². The first-order valence-corrected chi connectivity index (χ1v) is 9.07. The smallest absolute Gasteiger partial charge is 0.274 e. The van der Waals surface area contributed by atoms with Gasteiger partial charge in [-0.15, -0.1) is 0 Å². The second kappa shape index (κ2) is 8.06. The van der Waals surface area contributed by atoms with E-state index in [1.54, 1.807) is 24.5 Å². The number of pyridine rings is 1. The van der Waals surface area contributed by atoms with E-state index in [0.717, 1.165) is 11.1 Å². The van der Waals surface area contributed by atoms with E-state index in [9.17, 15) is 4.79 Å². The van der Waals surface area contributed by atoms with Crippen molar-refractivity contribution in [3.63, 3.8) is 0 Å². The monoisotopic (exact) mass is 389 g/mol. The van der Waals surface area contributed by atoms with E-state index >= 15 is 0 Å². The maximum Gasteiger partial charge on any atom is 0.274 e. The van der Waals surface area contributed by atoms with Crippen molar-refractivity contribution >= 4 is 17.5 Å². The molecule has 0 bridgehead atoms. The summed E-state index contributed by atoms with van der Waals surface area (Å²) in [6.07, 6.45) is 3.39. The van der Waals surface area contributed by atoms with Crippen LogP contribution in [0.1, 0.15) is 27.7 Å². The van der Waals surface area contributed by atoms with Gasteiger partial charge in [-0.1, -0.05) is 59.2 Å². The zero-order valence-electron chi connectivity index (χ0n) is 14.7. The fourth-order valence-electron chi connectivity index (χ4n) is 2.94. The molecule has 2 heterocycles. The van der Waals surface area contributed by atoms with Gasteiger partial charge >= 0.3 is 0 Å². The van der Waals surface area contributed by atoms with E-state index < -0.39 is 0 Å². The molecule has 0 unspecified atom stereocenters. The molecule has 2 aromatic carbocycles. The molecule has 2 aromatic heterocycles. The third-order valence-electron chi connectivity index (χ3n) is 4.33. The van der Waals surface area contributed by atoms with Crippen molar-refractivity contribution in [2.24, 2.45) is 0 Å². The summed E-state index contributed by atoms with van der Waals surface area (Å²) >= 11 is 6.20. The van der Waals surface area contributed by atoms with Gasteiger partial charge < -0.3 is 9.84 Å². The molecule has 0 fully saturated rings. The molecular formula is C22H16ClN3O2. The molecule has 1 atom stereocenters. The lowest BCUT2D eigenvalue weighted by molar-refractivity contribution is 0.0934. The highest BCUT2D eigenvalue weighted by molar-refractivity contribution is 6.33. The lowest BCUT2D eigenvalue weighted by Gasteiger charge is -2.19. The topological polar surface area (TPSA) is 68.0 Å². The first kappa shape index (κ1) is 17.9. The van der Waals surface area contributed by atoms with Crippen molar-refractivity contribution in [3.05, 3.63) is 107 Å². The summed E-state index contributed by atoms with van der Waals surface area (Å²) in [5.41, 5.74) is 2.75. The number of carbonyl (C=O) groups excluding carboxylic acids is 1. The molecule has 1 N–H and O–H groups in total. The van der Waals surface area contributed by atoms with E-state index in [2.05, 4.69) is 15.5 Å². The molecule has 1 amide bonds. The number of nitrogens with one attached hydrogen (secondary N) is 1. The summed E-state index contributed by atoms with van der Waals surface area (Å²) in [5, 5.41) is 7.47. The maximum absolute atomic E-state index is 12.8. The highest BCUT2D eigenvalue weighted by atomic mass is 35.5. The normalized spacial score (nSPS) is 11.8. The number of hydrogen-bond acceptors (Lipinski definition) is 4. The molecule has 0 spiro atoms. The number of aromatic nitrogens is 2.